The van der Waals surface area contributed by atoms with Crippen molar-refractivity contribution in [3.05, 3.63) is 33.7 Å². The van der Waals surface area contributed by atoms with E-state index in [0.717, 1.165) is 12.2 Å². The Morgan fingerprint density at radius 1 is 1.47 bits per heavy atom. The Morgan fingerprint density at radius 2 is 2.29 bits per heavy atom. The van der Waals surface area contributed by atoms with Crippen molar-refractivity contribution in [2.45, 2.75) is 32.2 Å². The number of azide groups is 1. The van der Waals surface area contributed by atoms with Gasteiger partial charge >= 0.3 is 0 Å². The Bertz CT molecular complexity index is 454. The summed E-state index contributed by atoms with van der Waals surface area (Å²) < 4.78 is 0. The van der Waals surface area contributed by atoms with Crippen LogP contribution >= 0.6 is 11.6 Å². The molecule has 1 aliphatic heterocycles. The van der Waals surface area contributed by atoms with Gasteiger partial charge in [0.05, 0.1) is 10.7 Å². The molecule has 1 aliphatic rings. The first-order chi connectivity index (χ1) is 8.22. The van der Waals surface area contributed by atoms with Gasteiger partial charge in [0.2, 0.25) is 0 Å². The maximum Gasteiger partial charge on any atom is 0.0644 e. The van der Waals surface area contributed by atoms with Gasteiger partial charge in [-0.3, -0.25) is 0 Å². The summed E-state index contributed by atoms with van der Waals surface area (Å²) in [7, 11) is 0. The summed E-state index contributed by atoms with van der Waals surface area (Å²) in [5.41, 5.74) is 9.97. The smallest absolute Gasteiger partial charge is 0.0644 e. The Morgan fingerprint density at radius 3 is 2.94 bits per heavy atom. The van der Waals surface area contributed by atoms with Gasteiger partial charge in [-0.05, 0) is 43.9 Å². The van der Waals surface area contributed by atoms with E-state index >= 15 is 0 Å². The molecule has 1 atom stereocenters. The van der Waals surface area contributed by atoms with Crippen molar-refractivity contribution in [2.24, 2.45) is 5.11 Å². The molecule has 0 spiro atoms. The van der Waals surface area contributed by atoms with Crippen LogP contribution in [-0.2, 0) is 0 Å². The van der Waals surface area contributed by atoms with E-state index in [9.17, 15) is 0 Å². The second-order valence-corrected chi connectivity index (χ2v) is 4.77. The average Bonchev–Trinajstić information content (AvgIpc) is 2.31. The largest absolute Gasteiger partial charge is 0.368 e. The fourth-order valence-electron chi connectivity index (χ4n) is 2.30. The zero-order valence-electron chi connectivity index (χ0n) is 9.80. The second-order valence-electron chi connectivity index (χ2n) is 4.36. The Kier molecular flexibility index (Phi) is 3.77. The third-order valence-electron chi connectivity index (χ3n) is 3.20. The van der Waals surface area contributed by atoms with Crippen molar-refractivity contribution in [3.8, 4) is 0 Å². The number of hydrogen-bond acceptors (Lipinski definition) is 2. The lowest BCUT2D eigenvalue weighted by Crippen LogP contribution is -2.37. The van der Waals surface area contributed by atoms with Gasteiger partial charge < -0.3 is 4.90 Å². The summed E-state index contributed by atoms with van der Waals surface area (Å²) in [5, 5.41) is 4.21. The molecule has 1 aromatic carbocycles. The molecule has 1 saturated heterocycles. The number of piperidine rings is 1. The van der Waals surface area contributed by atoms with Crippen LogP contribution in [0.4, 0.5) is 11.4 Å². The topological polar surface area (TPSA) is 52.0 Å². The molecule has 1 fully saturated rings. The molecule has 1 heterocycles. The van der Waals surface area contributed by atoms with Gasteiger partial charge in [-0.2, -0.15) is 0 Å². The van der Waals surface area contributed by atoms with Gasteiger partial charge in [-0.15, -0.1) is 0 Å². The standard InChI is InChI=1S/C12H15ClN4/c1-9-4-2-3-7-17(9)12-6-5-10(15-16-14)8-11(12)13/h5-6,8-9H,2-4,7H2,1H3. The van der Waals surface area contributed by atoms with Gasteiger partial charge in [0.25, 0.3) is 0 Å². The molecule has 90 valence electrons. The molecular formula is C12H15ClN4. The van der Waals surface area contributed by atoms with E-state index in [-0.39, 0.29) is 0 Å². The predicted molar refractivity (Wildman–Crippen MR) is 70.9 cm³/mol. The van der Waals surface area contributed by atoms with Crippen molar-refractivity contribution in [1.82, 2.24) is 0 Å². The summed E-state index contributed by atoms with van der Waals surface area (Å²) >= 11 is 6.24. The van der Waals surface area contributed by atoms with Crippen LogP contribution in [0, 0.1) is 0 Å². The van der Waals surface area contributed by atoms with Crippen molar-refractivity contribution < 1.29 is 0 Å². The molecule has 0 saturated carbocycles. The SMILES string of the molecule is CC1CCCCN1c1ccc(N=[N+]=[N-])cc1Cl. The zero-order chi connectivity index (χ0) is 12.3. The van der Waals surface area contributed by atoms with E-state index in [0.29, 0.717) is 16.8 Å². The van der Waals surface area contributed by atoms with Gasteiger partial charge in [-0.1, -0.05) is 22.8 Å². The summed E-state index contributed by atoms with van der Waals surface area (Å²) in [6, 6.07) is 5.99. The van der Waals surface area contributed by atoms with Crippen molar-refractivity contribution in [1.29, 1.82) is 0 Å². The maximum atomic E-state index is 8.38. The normalized spacial score (nSPS) is 19.9. The predicted octanol–water partition coefficient (Wildman–Crippen LogP) is 4.66. The lowest BCUT2D eigenvalue weighted by molar-refractivity contribution is 0.485. The van der Waals surface area contributed by atoms with E-state index < -0.39 is 0 Å². The lowest BCUT2D eigenvalue weighted by Gasteiger charge is -2.36. The first-order valence-electron chi connectivity index (χ1n) is 5.83. The summed E-state index contributed by atoms with van der Waals surface area (Å²) in [4.78, 5) is 5.08. The highest BCUT2D eigenvalue weighted by molar-refractivity contribution is 6.33. The molecular weight excluding hydrogens is 236 g/mol. The number of anilines is 1. The zero-order valence-corrected chi connectivity index (χ0v) is 10.6. The van der Waals surface area contributed by atoms with Crippen LogP contribution < -0.4 is 4.90 Å². The number of rotatable bonds is 2. The van der Waals surface area contributed by atoms with E-state index in [1.54, 1.807) is 6.07 Å². The minimum absolute atomic E-state index is 0.520. The third-order valence-corrected chi connectivity index (χ3v) is 3.51. The molecule has 1 aromatic rings. The third kappa shape index (κ3) is 2.65. The maximum absolute atomic E-state index is 8.38. The minimum Gasteiger partial charge on any atom is -0.368 e. The van der Waals surface area contributed by atoms with Crippen LogP contribution in [0.2, 0.25) is 5.02 Å². The van der Waals surface area contributed by atoms with Crippen LogP contribution in [0.15, 0.2) is 23.3 Å². The molecule has 4 nitrogen and oxygen atoms in total. The van der Waals surface area contributed by atoms with Gasteiger partial charge in [0.1, 0.15) is 0 Å². The molecule has 0 N–H and O–H groups in total. The second kappa shape index (κ2) is 5.30. The number of hydrogen-bond donors (Lipinski definition) is 0. The number of halogens is 1. The highest BCUT2D eigenvalue weighted by Gasteiger charge is 2.20. The van der Waals surface area contributed by atoms with Crippen LogP contribution in [0.25, 0.3) is 10.4 Å². The molecule has 1 unspecified atom stereocenters. The first-order valence-corrected chi connectivity index (χ1v) is 6.21. The Hall–Kier alpha value is -1.38. The molecule has 0 bridgehead atoms. The highest BCUT2D eigenvalue weighted by Crippen LogP contribution is 2.33. The number of nitrogens with zero attached hydrogens (tertiary/aromatic N) is 4. The van der Waals surface area contributed by atoms with Crippen molar-refractivity contribution in [2.75, 3.05) is 11.4 Å². The average molecular weight is 251 g/mol. The molecule has 0 radical (unpaired) electrons. The minimum atomic E-state index is 0.520. The quantitative estimate of drug-likeness (QED) is 0.428. The molecule has 17 heavy (non-hydrogen) atoms. The molecule has 0 aromatic heterocycles. The van der Waals surface area contributed by atoms with Gasteiger partial charge in [0.15, 0.2) is 0 Å². The van der Waals surface area contributed by atoms with E-state index in [4.69, 9.17) is 17.1 Å². The van der Waals surface area contributed by atoms with E-state index in [1.165, 1.54) is 19.3 Å². The summed E-state index contributed by atoms with van der Waals surface area (Å²) in [6.07, 6.45) is 3.69. The summed E-state index contributed by atoms with van der Waals surface area (Å²) in [5.74, 6) is 0. The van der Waals surface area contributed by atoms with Crippen LogP contribution in [0.1, 0.15) is 26.2 Å². The highest BCUT2D eigenvalue weighted by atomic mass is 35.5. The molecule has 2 rings (SSSR count). The van der Waals surface area contributed by atoms with Crippen molar-refractivity contribution >= 4 is 23.0 Å². The van der Waals surface area contributed by atoms with Gasteiger partial charge in [-0.25, -0.2) is 0 Å². The lowest BCUT2D eigenvalue weighted by atomic mass is 10.0. The fraction of sp³-hybridized carbons (Fsp3) is 0.500. The van der Waals surface area contributed by atoms with E-state index in [1.807, 2.05) is 12.1 Å². The fourth-order valence-corrected chi connectivity index (χ4v) is 2.58. The van der Waals surface area contributed by atoms with Gasteiger partial charge in [0, 0.05) is 23.2 Å². The van der Waals surface area contributed by atoms with Crippen LogP contribution in [0.3, 0.4) is 0 Å². The Labute approximate surface area is 106 Å². The Balaban J connectivity index is 2.29. The summed E-state index contributed by atoms with van der Waals surface area (Å²) in [6.45, 7) is 3.26. The molecule has 0 aliphatic carbocycles. The van der Waals surface area contributed by atoms with E-state index in [2.05, 4.69) is 21.8 Å². The van der Waals surface area contributed by atoms with Crippen LogP contribution in [0.5, 0.6) is 0 Å². The van der Waals surface area contributed by atoms with Crippen LogP contribution in [-0.4, -0.2) is 12.6 Å². The monoisotopic (exact) mass is 250 g/mol. The first kappa shape index (κ1) is 12.1. The van der Waals surface area contributed by atoms with Crippen molar-refractivity contribution in [3.63, 3.8) is 0 Å². The molecule has 5 heteroatoms. The molecule has 0 amide bonds. The number of benzene rings is 1.